The van der Waals surface area contributed by atoms with Gasteiger partial charge >= 0.3 is 0 Å². The third-order valence-corrected chi connectivity index (χ3v) is 5.69. The SMILES string of the molecule is CC1CN(c2ccccc2)CCN1S(=O)(=O)c1cnc[nH]1. The number of imidazole rings is 1. The Labute approximate surface area is 124 Å². The number of nitrogens with zero attached hydrogens (tertiary/aromatic N) is 3. The molecule has 1 aliphatic heterocycles. The highest BCUT2D eigenvalue weighted by atomic mass is 32.2. The van der Waals surface area contributed by atoms with E-state index in [-0.39, 0.29) is 11.1 Å². The van der Waals surface area contributed by atoms with Crippen LogP contribution in [0.15, 0.2) is 47.9 Å². The summed E-state index contributed by atoms with van der Waals surface area (Å²) < 4.78 is 26.6. The highest BCUT2D eigenvalue weighted by molar-refractivity contribution is 7.89. The van der Waals surface area contributed by atoms with Crippen molar-refractivity contribution < 1.29 is 8.42 Å². The predicted molar refractivity (Wildman–Crippen MR) is 80.6 cm³/mol. The number of para-hydroxylation sites is 1. The molecule has 1 N–H and O–H groups in total. The third-order valence-electron chi connectivity index (χ3n) is 3.75. The van der Waals surface area contributed by atoms with Crippen molar-refractivity contribution in [2.45, 2.75) is 18.0 Å². The lowest BCUT2D eigenvalue weighted by atomic mass is 10.2. The smallest absolute Gasteiger partial charge is 0.260 e. The second kappa shape index (κ2) is 5.50. The summed E-state index contributed by atoms with van der Waals surface area (Å²) in [6, 6.07) is 9.97. The van der Waals surface area contributed by atoms with E-state index in [0.29, 0.717) is 19.6 Å². The fourth-order valence-electron chi connectivity index (χ4n) is 2.68. The van der Waals surface area contributed by atoms with Gasteiger partial charge < -0.3 is 9.88 Å². The van der Waals surface area contributed by atoms with E-state index >= 15 is 0 Å². The average molecular weight is 306 g/mol. The lowest BCUT2D eigenvalue weighted by Gasteiger charge is -2.39. The second-order valence-electron chi connectivity index (χ2n) is 5.16. The molecule has 0 saturated carbocycles. The normalized spacial score (nSPS) is 20.6. The molecule has 0 bridgehead atoms. The van der Waals surface area contributed by atoms with E-state index in [1.807, 2.05) is 37.3 Å². The molecule has 112 valence electrons. The summed E-state index contributed by atoms with van der Waals surface area (Å²) in [6.07, 6.45) is 2.74. The van der Waals surface area contributed by atoms with Crippen molar-refractivity contribution in [3.8, 4) is 0 Å². The third kappa shape index (κ3) is 2.66. The Morgan fingerprint density at radius 1 is 1.24 bits per heavy atom. The van der Waals surface area contributed by atoms with Gasteiger partial charge in [0.1, 0.15) is 0 Å². The summed E-state index contributed by atoms with van der Waals surface area (Å²) in [7, 11) is -3.48. The lowest BCUT2D eigenvalue weighted by molar-refractivity contribution is 0.306. The van der Waals surface area contributed by atoms with Gasteiger partial charge in [-0.15, -0.1) is 0 Å². The molecule has 1 aromatic heterocycles. The number of piperazine rings is 1. The number of rotatable bonds is 3. The van der Waals surface area contributed by atoms with Gasteiger partial charge in [-0.05, 0) is 19.1 Å². The Hall–Kier alpha value is -1.86. The van der Waals surface area contributed by atoms with Crippen molar-refractivity contribution in [1.29, 1.82) is 0 Å². The fraction of sp³-hybridized carbons (Fsp3) is 0.357. The molecule has 1 saturated heterocycles. The molecule has 0 spiro atoms. The van der Waals surface area contributed by atoms with Crippen LogP contribution in [0, 0.1) is 0 Å². The number of nitrogens with one attached hydrogen (secondary N) is 1. The number of sulfonamides is 1. The van der Waals surface area contributed by atoms with Crippen LogP contribution >= 0.6 is 0 Å². The zero-order valence-electron chi connectivity index (χ0n) is 11.8. The van der Waals surface area contributed by atoms with Crippen molar-refractivity contribution in [2.24, 2.45) is 0 Å². The van der Waals surface area contributed by atoms with Gasteiger partial charge in [0.15, 0.2) is 5.03 Å². The molecule has 1 fully saturated rings. The number of hydrogen-bond donors (Lipinski definition) is 1. The average Bonchev–Trinajstić information content (AvgIpc) is 3.03. The molecule has 1 aliphatic rings. The number of hydrogen-bond acceptors (Lipinski definition) is 4. The minimum Gasteiger partial charge on any atom is -0.369 e. The lowest BCUT2D eigenvalue weighted by Crippen LogP contribution is -2.54. The van der Waals surface area contributed by atoms with Gasteiger partial charge in [-0.3, -0.25) is 0 Å². The summed E-state index contributed by atoms with van der Waals surface area (Å²) in [6.45, 7) is 3.76. The summed E-state index contributed by atoms with van der Waals surface area (Å²) in [5, 5.41) is 0.155. The van der Waals surface area contributed by atoms with E-state index in [1.165, 1.54) is 12.5 Å². The van der Waals surface area contributed by atoms with Gasteiger partial charge in [0, 0.05) is 31.4 Å². The molecule has 21 heavy (non-hydrogen) atoms. The molecule has 0 aliphatic carbocycles. The standard InChI is InChI=1S/C14H18N4O2S/c1-12-10-17(13-5-3-2-4-6-13)7-8-18(12)21(19,20)14-9-15-11-16-14/h2-6,9,11-12H,7-8,10H2,1H3,(H,15,16). The zero-order chi connectivity index (χ0) is 14.9. The molecule has 1 aromatic carbocycles. The van der Waals surface area contributed by atoms with Crippen LogP contribution in [0.3, 0.4) is 0 Å². The van der Waals surface area contributed by atoms with Crippen LogP contribution < -0.4 is 4.90 Å². The van der Waals surface area contributed by atoms with E-state index in [4.69, 9.17) is 0 Å². The highest BCUT2D eigenvalue weighted by Crippen LogP contribution is 2.23. The number of aromatic nitrogens is 2. The minimum atomic E-state index is -3.48. The maximum atomic E-state index is 12.5. The van der Waals surface area contributed by atoms with Crippen LogP contribution in [0.25, 0.3) is 0 Å². The Balaban J connectivity index is 1.78. The topological polar surface area (TPSA) is 69.3 Å². The highest BCUT2D eigenvalue weighted by Gasteiger charge is 2.34. The monoisotopic (exact) mass is 306 g/mol. The number of benzene rings is 1. The van der Waals surface area contributed by atoms with E-state index in [0.717, 1.165) is 5.69 Å². The van der Waals surface area contributed by atoms with Crippen LogP contribution in [0.5, 0.6) is 0 Å². The number of aromatic amines is 1. The first-order chi connectivity index (χ1) is 10.1. The molecular formula is C14H18N4O2S. The largest absolute Gasteiger partial charge is 0.369 e. The summed E-state index contributed by atoms with van der Waals surface area (Å²) in [4.78, 5) is 8.69. The van der Waals surface area contributed by atoms with E-state index in [9.17, 15) is 8.42 Å². The Morgan fingerprint density at radius 3 is 2.62 bits per heavy atom. The van der Waals surface area contributed by atoms with Crippen molar-refractivity contribution in [3.63, 3.8) is 0 Å². The van der Waals surface area contributed by atoms with E-state index < -0.39 is 10.0 Å². The fourth-order valence-corrected chi connectivity index (χ4v) is 4.19. The van der Waals surface area contributed by atoms with Gasteiger partial charge in [0.05, 0.1) is 12.5 Å². The van der Waals surface area contributed by atoms with Crippen LogP contribution in [0.4, 0.5) is 5.69 Å². The van der Waals surface area contributed by atoms with E-state index in [2.05, 4.69) is 14.9 Å². The molecule has 0 amide bonds. The molecule has 2 aromatic rings. The first-order valence-corrected chi connectivity index (χ1v) is 8.33. The maximum Gasteiger partial charge on any atom is 0.260 e. The summed E-state index contributed by atoms with van der Waals surface area (Å²) in [5.74, 6) is 0. The van der Waals surface area contributed by atoms with E-state index in [1.54, 1.807) is 4.31 Å². The molecule has 0 radical (unpaired) electrons. The Kier molecular flexibility index (Phi) is 3.69. The summed E-state index contributed by atoms with van der Waals surface area (Å²) in [5.41, 5.74) is 1.13. The molecule has 2 heterocycles. The van der Waals surface area contributed by atoms with Crippen molar-refractivity contribution >= 4 is 15.7 Å². The Morgan fingerprint density at radius 2 is 2.00 bits per heavy atom. The zero-order valence-corrected chi connectivity index (χ0v) is 12.6. The molecule has 3 rings (SSSR count). The van der Waals surface area contributed by atoms with Gasteiger partial charge in [0.25, 0.3) is 10.0 Å². The van der Waals surface area contributed by atoms with Gasteiger partial charge in [-0.1, -0.05) is 18.2 Å². The van der Waals surface area contributed by atoms with Crippen molar-refractivity contribution in [1.82, 2.24) is 14.3 Å². The van der Waals surface area contributed by atoms with Gasteiger partial charge in [0.2, 0.25) is 0 Å². The first-order valence-electron chi connectivity index (χ1n) is 6.89. The Bertz CT molecular complexity index is 685. The van der Waals surface area contributed by atoms with Crippen molar-refractivity contribution in [3.05, 3.63) is 42.9 Å². The minimum absolute atomic E-state index is 0.0905. The van der Waals surface area contributed by atoms with Crippen LogP contribution in [0.2, 0.25) is 0 Å². The predicted octanol–water partition coefficient (Wildman–Crippen LogP) is 1.31. The van der Waals surface area contributed by atoms with Crippen LogP contribution in [-0.2, 0) is 10.0 Å². The van der Waals surface area contributed by atoms with Gasteiger partial charge in [-0.2, -0.15) is 4.31 Å². The second-order valence-corrected chi connectivity index (χ2v) is 7.02. The van der Waals surface area contributed by atoms with Crippen LogP contribution in [0.1, 0.15) is 6.92 Å². The molecule has 7 heteroatoms. The van der Waals surface area contributed by atoms with Crippen LogP contribution in [-0.4, -0.2) is 48.4 Å². The van der Waals surface area contributed by atoms with Crippen molar-refractivity contribution in [2.75, 3.05) is 24.5 Å². The maximum absolute atomic E-state index is 12.5. The molecule has 6 nitrogen and oxygen atoms in total. The quantitative estimate of drug-likeness (QED) is 0.928. The molecular weight excluding hydrogens is 288 g/mol. The molecule has 1 atom stereocenters. The molecule has 1 unspecified atom stereocenters. The summed E-state index contributed by atoms with van der Waals surface area (Å²) >= 11 is 0. The number of H-pyrrole nitrogens is 1. The van der Waals surface area contributed by atoms with Gasteiger partial charge in [-0.25, -0.2) is 13.4 Å². The number of anilines is 1. The first kappa shape index (κ1) is 14.1.